The van der Waals surface area contributed by atoms with Crippen LogP contribution in [0.4, 0.5) is 0 Å². The van der Waals surface area contributed by atoms with Gasteiger partial charge in [0.25, 0.3) is 0 Å². The second-order valence-corrected chi connectivity index (χ2v) is 7.14. The van der Waals surface area contributed by atoms with E-state index < -0.39 is 10.0 Å². The van der Waals surface area contributed by atoms with E-state index in [9.17, 15) is 8.42 Å². The van der Waals surface area contributed by atoms with Gasteiger partial charge in [-0.05, 0) is 24.4 Å². The van der Waals surface area contributed by atoms with E-state index in [-0.39, 0.29) is 10.2 Å². The fourth-order valence-electron chi connectivity index (χ4n) is 2.33. The maximum atomic E-state index is 12.4. The van der Waals surface area contributed by atoms with Crippen LogP contribution in [0, 0.1) is 0 Å². The molecule has 8 heteroatoms. The van der Waals surface area contributed by atoms with Crippen LogP contribution in [0.2, 0.25) is 5.28 Å². The minimum atomic E-state index is -3.48. The molecule has 0 atom stereocenters. The van der Waals surface area contributed by atoms with Gasteiger partial charge in [-0.15, -0.1) is 0 Å². The summed E-state index contributed by atoms with van der Waals surface area (Å²) in [6.07, 6.45) is 5.02. The van der Waals surface area contributed by atoms with Crippen molar-refractivity contribution < 1.29 is 8.42 Å². The van der Waals surface area contributed by atoms with Crippen molar-refractivity contribution >= 4 is 21.6 Å². The molecule has 0 bridgehead atoms. The number of piperazine rings is 1. The molecule has 1 aliphatic carbocycles. The predicted octanol–water partition coefficient (Wildman–Crippen LogP) is 0.599. The van der Waals surface area contributed by atoms with E-state index in [1.165, 1.54) is 29.5 Å². The summed E-state index contributed by atoms with van der Waals surface area (Å²) in [6.45, 7) is 2.67. The lowest BCUT2D eigenvalue weighted by molar-refractivity contribution is 0.180. The highest BCUT2D eigenvalue weighted by molar-refractivity contribution is 7.89. The maximum absolute atomic E-state index is 12.4. The lowest BCUT2D eigenvalue weighted by Gasteiger charge is -2.33. The van der Waals surface area contributed by atoms with Gasteiger partial charge in [0, 0.05) is 32.2 Å². The van der Waals surface area contributed by atoms with Crippen LogP contribution in [-0.2, 0) is 10.0 Å². The molecule has 1 aromatic heterocycles. The van der Waals surface area contributed by atoms with Crippen LogP contribution in [0.5, 0.6) is 0 Å². The summed E-state index contributed by atoms with van der Waals surface area (Å²) >= 11 is 5.57. The van der Waals surface area contributed by atoms with Crippen LogP contribution >= 0.6 is 11.6 Å². The average Bonchev–Trinajstić information content (AvgIpc) is 3.24. The number of aromatic nitrogens is 2. The lowest BCUT2D eigenvalue weighted by atomic mass is 10.3. The Labute approximate surface area is 117 Å². The van der Waals surface area contributed by atoms with Gasteiger partial charge in [0.05, 0.1) is 12.4 Å². The van der Waals surface area contributed by atoms with Crippen molar-refractivity contribution in [2.24, 2.45) is 0 Å². The monoisotopic (exact) mass is 302 g/mol. The van der Waals surface area contributed by atoms with Crippen molar-refractivity contribution in [3.8, 4) is 0 Å². The summed E-state index contributed by atoms with van der Waals surface area (Å²) in [5.41, 5.74) is 0. The maximum Gasteiger partial charge on any atom is 0.246 e. The molecule has 0 radical (unpaired) electrons. The fourth-order valence-corrected chi connectivity index (χ4v) is 3.74. The van der Waals surface area contributed by atoms with E-state index in [1.54, 1.807) is 0 Å². The zero-order chi connectivity index (χ0) is 13.5. The molecule has 2 heterocycles. The Hall–Kier alpha value is -0.760. The quantitative estimate of drug-likeness (QED) is 0.765. The van der Waals surface area contributed by atoms with Gasteiger partial charge in [0.2, 0.25) is 15.3 Å². The molecule has 2 fully saturated rings. The van der Waals surface area contributed by atoms with Gasteiger partial charge in [-0.1, -0.05) is 0 Å². The molecule has 0 spiro atoms. The third-order valence-corrected chi connectivity index (χ3v) is 5.62. The van der Waals surface area contributed by atoms with Gasteiger partial charge in [-0.2, -0.15) is 4.31 Å². The van der Waals surface area contributed by atoms with Gasteiger partial charge in [-0.25, -0.2) is 18.4 Å². The largest absolute Gasteiger partial charge is 0.298 e. The van der Waals surface area contributed by atoms with Gasteiger partial charge in [0.15, 0.2) is 0 Å². The molecule has 0 amide bonds. The molecule has 1 aromatic rings. The van der Waals surface area contributed by atoms with E-state index in [2.05, 4.69) is 14.9 Å². The van der Waals surface area contributed by atoms with E-state index in [0.29, 0.717) is 19.1 Å². The minimum absolute atomic E-state index is 0.0532. The van der Waals surface area contributed by atoms with Crippen molar-refractivity contribution in [2.45, 2.75) is 23.8 Å². The normalized spacial score (nSPS) is 22.6. The van der Waals surface area contributed by atoms with Crippen molar-refractivity contribution in [3.05, 3.63) is 17.7 Å². The van der Waals surface area contributed by atoms with Gasteiger partial charge in [0.1, 0.15) is 4.90 Å². The topological polar surface area (TPSA) is 66.4 Å². The number of nitrogens with zero attached hydrogens (tertiary/aromatic N) is 4. The van der Waals surface area contributed by atoms with Gasteiger partial charge >= 0.3 is 0 Å². The molecule has 2 aliphatic rings. The first-order valence-electron chi connectivity index (χ1n) is 6.29. The molecule has 1 saturated carbocycles. The third kappa shape index (κ3) is 2.74. The van der Waals surface area contributed by atoms with Crippen molar-refractivity contribution in [2.75, 3.05) is 26.2 Å². The van der Waals surface area contributed by atoms with E-state index in [0.717, 1.165) is 13.1 Å². The molecule has 0 unspecified atom stereocenters. The molecule has 0 N–H and O–H groups in total. The van der Waals surface area contributed by atoms with Crippen LogP contribution in [0.25, 0.3) is 0 Å². The van der Waals surface area contributed by atoms with Crippen LogP contribution in [-0.4, -0.2) is 59.8 Å². The van der Waals surface area contributed by atoms with Crippen LogP contribution in [0.3, 0.4) is 0 Å². The van der Waals surface area contributed by atoms with Crippen molar-refractivity contribution in [1.29, 1.82) is 0 Å². The van der Waals surface area contributed by atoms with Crippen LogP contribution < -0.4 is 0 Å². The zero-order valence-corrected chi connectivity index (χ0v) is 11.9. The average molecular weight is 303 g/mol. The van der Waals surface area contributed by atoms with Crippen molar-refractivity contribution in [1.82, 2.24) is 19.2 Å². The Balaban J connectivity index is 1.72. The molecule has 3 rings (SSSR count). The van der Waals surface area contributed by atoms with Crippen molar-refractivity contribution in [3.63, 3.8) is 0 Å². The second kappa shape index (κ2) is 4.97. The summed E-state index contributed by atoms with van der Waals surface area (Å²) in [4.78, 5) is 9.94. The number of halogens is 1. The zero-order valence-electron chi connectivity index (χ0n) is 10.4. The predicted molar refractivity (Wildman–Crippen MR) is 70.4 cm³/mol. The second-order valence-electron chi connectivity index (χ2n) is 4.86. The Morgan fingerprint density at radius 2 is 1.68 bits per heavy atom. The fraction of sp³-hybridized carbons (Fsp3) is 0.636. The summed E-state index contributed by atoms with van der Waals surface area (Å²) in [5.74, 6) is 0. The first-order valence-corrected chi connectivity index (χ1v) is 8.11. The van der Waals surface area contributed by atoms with Crippen LogP contribution in [0.1, 0.15) is 12.8 Å². The van der Waals surface area contributed by atoms with E-state index in [1.807, 2.05) is 0 Å². The highest BCUT2D eigenvalue weighted by Gasteiger charge is 2.35. The lowest BCUT2D eigenvalue weighted by Crippen LogP contribution is -2.49. The SMILES string of the molecule is O=S(=O)(c1cnc(Cl)nc1)N1CCN(C2CC2)CC1. The molecule has 1 aliphatic heterocycles. The summed E-state index contributed by atoms with van der Waals surface area (Å²) in [7, 11) is -3.48. The smallest absolute Gasteiger partial charge is 0.246 e. The number of rotatable bonds is 3. The standard InChI is InChI=1S/C11H15ClN4O2S/c12-11-13-7-10(8-14-11)19(17,18)16-5-3-15(4-6-16)9-1-2-9/h7-9H,1-6H2. The minimum Gasteiger partial charge on any atom is -0.298 e. The molecule has 1 saturated heterocycles. The molecular weight excluding hydrogens is 288 g/mol. The Bertz CT molecular complexity index is 551. The Kier molecular flexibility index (Phi) is 3.46. The number of hydrogen-bond acceptors (Lipinski definition) is 5. The summed E-state index contributed by atoms with van der Waals surface area (Å²) in [5, 5.41) is 0.0532. The third-order valence-electron chi connectivity index (χ3n) is 3.57. The van der Waals surface area contributed by atoms with E-state index >= 15 is 0 Å². The molecule has 104 valence electrons. The van der Waals surface area contributed by atoms with Crippen LogP contribution in [0.15, 0.2) is 17.3 Å². The molecular formula is C11H15ClN4O2S. The van der Waals surface area contributed by atoms with E-state index in [4.69, 9.17) is 11.6 Å². The van der Waals surface area contributed by atoms with Gasteiger partial charge < -0.3 is 0 Å². The first kappa shape index (κ1) is 13.2. The number of hydrogen-bond donors (Lipinski definition) is 0. The Morgan fingerprint density at radius 1 is 1.11 bits per heavy atom. The molecule has 6 nitrogen and oxygen atoms in total. The Morgan fingerprint density at radius 3 is 2.21 bits per heavy atom. The molecule has 0 aromatic carbocycles. The van der Waals surface area contributed by atoms with Gasteiger partial charge in [-0.3, -0.25) is 4.90 Å². The number of sulfonamides is 1. The highest BCUT2D eigenvalue weighted by Crippen LogP contribution is 2.28. The molecule has 19 heavy (non-hydrogen) atoms. The first-order chi connectivity index (χ1) is 9.07. The highest BCUT2D eigenvalue weighted by atomic mass is 35.5. The summed E-state index contributed by atoms with van der Waals surface area (Å²) < 4.78 is 26.2. The summed E-state index contributed by atoms with van der Waals surface area (Å²) in [6, 6.07) is 0.684.